The minimum absolute atomic E-state index is 0.237. The van der Waals surface area contributed by atoms with Gasteiger partial charge in [0.1, 0.15) is 0 Å². The Hall–Kier alpha value is -13.8. The summed E-state index contributed by atoms with van der Waals surface area (Å²) in [6.07, 6.45) is 4.78. The molecule has 1 aromatic rings. The maximum absolute atomic E-state index is 11.3. The molecule has 0 amide bonds. The lowest BCUT2D eigenvalue weighted by atomic mass is 9.56. The third-order valence-electron chi connectivity index (χ3n) is 18.2. The monoisotopic (exact) mass is 1780 g/mol. The maximum atomic E-state index is 11.3. The fourth-order valence-electron chi connectivity index (χ4n) is 13.5. The number of carbonyl (C=O) groups excluding carboxylic acids is 12. The van der Waals surface area contributed by atoms with Gasteiger partial charge in [-0.05, 0) is 38.8 Å². The van der Waals surface area contributed by atoms with E-state index in [2.05, 4.69) is 0 Å². The lowest BCUT2D eigenvalue weighted by molar-refractivity contribution is -0.343. The first kappa shape index (κ1) is 110. The van der Waals surface area contributed by atoms with Crippen molar-refractivity contribution in [2.75, 3.05) is 144 Å². The van der Waals surface area contributed by atoms with Crippen LogP contribution in [0.3, 0.4) is 0 Å². The van der Waals surface area contributed by atoms with E-state index in [4.69, 9.17) is 61.3 Å². The van der Waals surface area contributed by atoms with Crippen LogP contribution in [0.25, 0.3) is 0 Å². The predicted octanol–water partition coefficient (Wildman–Crippen LogP) is -21.7. The Bertz CT molecular complexity index is 3520. The van der Waals surface area contributed by atoms with Crippen LogP contribution in [0.2, 0.25) is 0 Å². The minimum Gasteiger partial charge on any atom is -0.550 e. The van der Waals surface area contributed by atoms with Crippen LogP contribution in [0.4, 0.5) is 0 Å². The number of hydrogen-bond acceptors (Lipinski definition) is 44. The highest BCUT2D eigenvalue weighted by molar-refractivity contribution is 6.22. The Kier molecular flexibility index (Phi) is 47.8. The Labute approximate surface area is 694 Å². The molecule has 56 heteroatoms. The van der Waals surface area contributed by atoms with E-state index >= 15 is 0 Å². The van der Waals surface area contributed by atoms with Crippen LogP contribution < -0.4 is 61.3 Å². The van der Waals surface area contributed by atoms with Crippen molar-refractivity contribution in [1.82, 2.24) is 39.2 Å². The zero-order valence-corrected chi connectivity index (χ0v) is 64.5. The highest BCUT2D eigenvalue weighted by atomic mass is 16.4. The van der Waals surface area contributed by atoms with Crippen molar-refractivity contribution in [1.29, 1.82) is 0 Å². The molecule has 1 aromatic carbocycles. The second kappa shape index (κ2) is 53.8. The van der Waals surface area contributed by atoms with E-state index in [0.29, 0.717) is 51.4 Å². The summed E-state index contributed by atoms with van der Waals surface area (Å²) in [5.74, 6) is -58.8. The van der Waals surface area contributed by atoms with Crippen LogP contribution in [-0.2, 0) is 86.3 Å². The molecule has 4 unspecified atom stereocenters. The molecule has 2 saturated carbocycles. The van der Waals surface area contributed by atoms with E-state index in [1.165, 1.54) is 19.6 Å². The van der Waals surface area contributed by atoms with Crippen molar-refractivity contribution in [2.24, 2.45) is 35.5 Å². The van der Waals surface area contributed by atoms with Gasteiger partial charge in [-0.1, -0.05) is 25.7 Å². The third-order valence-corrected chi connectivity index (χ3v) is 18.2. The standard InChI is InChI=1S/C16H28N4O8.C14H22N2O8.C14H24N2O8.C12H12O12.C12H6O12/c21-13(22)9-17-1-2-18(10-14(23)24)5-6-20(12-16(27)28)8-7-19(4-3-17)11-15(25)26;17-11(18)5-15(6-12(19)20)9-3-1-2-4-10(9)16(7-13(21)22)8-14(23)24;17-11(18)7-15(8-12(19)20)5-3-1-2-4-6-16(9-13(21)22)10-14(23)24;2*13-7(14)1-2(8(15)16)4(10(19)20)6(12(23)24)5(11(21)22)3(1)9(17)18/h1-12H2,(H,21,22)(H,23,24)(H,25,26)(H,27,28);9-10H,1-8H2,(H,17,18)(H,19,20)(H,21,22)(H,23,24);1-10H2,(H,17,18)(H,19,20)(H,21,22)(H,23,24);1-6H,(H,13,14)(H,15,16)(H,17,18)(H,19,20)(H,21,22)(H,23,24);(H,13,14)(H,15,16)(H,17,18)(H,19,20)(H,21,22)(H,23,24)/p-12/t;9-,10-;;;/m.1.../s1. The van der Waals surface area contributed by atoms with E-state index in [9.17, 15) is 176 Å². The molecule has 4 rings (SSSR count). The summed E-state index contributed by atoms with van der Waals surface area (Å²) in [6.45, 7) is -2.61. The second-order valence-electron chi connectivity index (χ2n) is 26.9. The van der Waals surface area contributed by atoms with Gasteiger partial charge in [0.25, 0.3) is 0 Å². The van der Waals surface area contributed by atoms with E-state index in [0.717, 1.165) is 0 Å². The number of aromatic carboxylic acids is 6. The molecule has 692 valence electrons. The molecular formula is C68H80N8O48-12. The van der Waals surface area contributed by atoms with E-state index in [1.807, 2.05) is 0 Å². The Morgan fingerprint density at radius 2 is 0.484 bits per heavy atom. The van der Waals surface area contributed by atoms with Crippen molar-refractivity contribution in [2.45, 2.75) is 63.5 Å². The van der Waals surface area contributed by atoms with Gasteiger partial charge in [0, 0.05) is 156 Å². The average molecular weight is 1780 g/mol. The SMILES string of the molecule is O=C([O-])C1C(C(=O)[O-])C(C(=O)O)C(C(=O)O)C(C(=O)O)C1C(=O)[O-].O=C([O-])CN(CC(=O)O)[C@@H]1CCCC[C@H]1N(CC(=O)[O-])CC(=O)O.O=C([O-])CN(CCCCCCN(CC(=O)[O-])CC(=O)O)CC(=O)O.O=C([O-])CN1CCN(CC(=O)[O-])CCN(CC(=O)O)CCN(CC(=O)O)CC1.O=C([O-])c1c(C(=O)O)c(C(=O)[O-])c(C(=O)O)c(C(=O)[O-])c1C(=O)O. The van der Waals surface area contributed by atoms with Crippen molar-refractivity contribution in [3.05, 3.63) is 33.4 Å². The normalized spacial score (nSPS) is 18.8. The van der Waals surface area contributed by atoms with Gasteiger partial charge in [-0.15, -0.1) is 0 Å². The number of carbonyl (C=O) groups is 24. The number of hydrogen-bond donors (Lipinski definition) is 12. The van der Waals surface area contributed by atoms with Gasteiger partial charge in [-0.3, -0.25) is 82.4 Å². The fourth-order valence-corrected chi connectivity index (χ4v) is 13.5. The summed E-state index contributed by atoms with van der Waals surface area (Å²) in [5.41, 5.74) is -11.0. The summed E-state index contributed by atoms with van der Waals surface area (Å²) >= 11 is 0. The van der Waals surface area contributed by atoms with Gasteiger partial charge < -0.3 is 180 Å². The Morgan fingerprint density at radius 3 is 0.669 bits per heavy atom. The highest BCUT2D eigenvalue weighted by Crippen LogP contribution is 2.47. The topological polar surface area (TPSA) is 955 Å². The Balaban J connectivity index is 0.00000153. The molecule has 0 aromatic heterocycles. The molecule has 2 aliphatic carbocycles. The number of rotatable bonds is 45. The van der Waals surface area contributed by atoms with E-state index < -0.39 is 264 Å². The van der Waals surface area contributed by atoms with Crippen molar-refractivity contribution in [3.63, 3.8) is 0 Å². The molecule has 12 N–H and O–H groups in total. The summed E-state index contributed by atoms with van der Waals surface area (Å²) in [7, 11) is 0. The maximum Gasteiger partial charge on any atom is 0.337 e. The smallest absolute Gasteiger partial charge is 0.337 e. The van der Waals surface area contributed by atoms with Gasteiger partial charge in [0.2, 0.25) is 0 Å². The molecule has 1 heterocycles. The zero-order valence-electron chi connectivity index (χ0n) is 64.5. The van der Waals surface area contributed by atoms with Crippen molar-refractivity contribution >= 4 is 143 Å². The molecule has 1 saturated heterocycles. The van der Waals surface area contributed by atoms with Crippen LogP contribution in [0, 0.1) is 35.5 Å². The summed E-state index contributed by atoms with van der Waals surface area (Å²) in [4.78, 5) is 275. The van der Waals surface area contributed by atoms with Gasteiger partial charge in [0.05, 0.1) is 127 Å². The largest absolute Gasteiger partial charge is 0.550 e. The zero-order chi connectivity index (χ0) is 95.8. The molecule has 0 spiro atoms. The first-order chi connectivity index (χ1) is 57.4. The van der Waals surface area contributed by atoms with Gasteiger partial charge in [-0.2, -0.15) is 0 Å². The van der Waals surface area contributed by atoms with Gasteiger partial charge in [0.15, 0.2) is 0 Å². The lowest BCUT2D eigenvalue weighted by Gasteiger charge is -2.48. The molecule has 1 aliphatic heterocycles. The predicted molar refractivity (Wildman–Crippen MR) is 361 cm³/mol. The average Bonchev–Trinajstić information content (AvgIpc) is 0.742. The van der Waals surface area contributed by atoms with Crippen LogP contribution >= 0.6 is 0 Å². The van der Waals surface area contributed by atoms with Crippen LogP contribution in [0.15, 0.2) is 0 Å². The quantitative estimate of drug-likeness (QED) is 0.0270. The summed E-state index contributed by atoms with van der Waals surface area (Å²) in [5, 5.41) is 239. The van der Waals surface area contributed by atoms with Crippen LogP contribution in [-0.4, -0.2) is 400 Å². The lowest BCUT2D eigenvalue weighted by Crippen LogP contribution is -2.64. The summed E-state index contributed by atoms with van der Waals surface area (Å²) in [6, 6.07) is -1.18. The van der Waals surface area contributed by atoms with E-state index in [-0.39, 0.29) is 105 Å². The first-order valence-corrected chi connectivity index (χ1v) is 35.6. The molecule has 0 radical (unpaired) electrons. The highest BCUT2D eigenvalue weighted by Gasteiger charge is 2.60. The van der Waals surface area contributed by atoms with Crippen molar-refractivity contribution in [3.8, 4) is 0 Å². The number of aliphatic carboxylic acids is 18. The molecular weight excluding hydrogens is 1700 g/mol. The molecule has 3 aliphatic rings. The fraction of sp³-hybridized carbons (Fsp3) is 0.559. The van der Waals surface area contributed by atoms with E-state index in [1.54, 1.807) is 19.6 Å². The first-order valence-electron chi connectivity index (χ1n) is 35.6. The molecule has 0 bridgehead atoms. The number of benzene rings is 1. The number of unbranched alkanes of at least 4 members (excludes halogenated alkanes) is 3. The summed E-state index contributed by atoms with van der Waals surface area (Å²) < 4.78 is 0. The molecule has 56 nitrogen and oxygen atoms in total. The number of nitrogens with zero attached hydrogens (tertiary/aromatic N) is 8. The van der Waals surface area contributed by atoms with Crippen LogP contribution in [0.1, 0.15) is 114 Å². The van der Waals surface area contributed by atoms with Gasteiger partial charge in [-0.25, -0.2) is 14.4 Å². The number of carboxylic acids is 24. The minimum atomic E-state index is -2.67. The Morgan fingerprint density at radius 1 is 0.258 bits per heavy atom. The molecule has 124 heavy (non-hydrogen) atoms. The third kappa shape index (κ3) is 39.1. The molecule has 6 atom stereocenters. The van der Waals surface area contributed by atoms with Crippen LogP contribution in [0.5, 0.6) is 0 Å². The van der Waals surface area contributed by atoms with Gasteiger partial charge >= 0.3 is 71.6 Å². The number of carboxylic acid groups (broad SMARTS) is 24. The second-order valence-corrected chi connectivity index (χ2v) is 26.9. The van der Waals surface area contributed by atoms with Crippen molar-refractivity contribution < 1.29 is 238 Å². The molecule has 3 fully saturated rings.